The van der Waals surface area contributed by atoms with Gasteiger partial charge < -0.3 is 5.32 Å². The first kappa shape index (κ1) is 9.37. The molecule has 0 amide bonds. The smallest absolute Gasteiger partial charge is 0.0236 e. The summed E-state index contributed by atoms with van der Waals surface area (Å²) in [6.07, 6.45) is 1.37. The average molecular weight is 202 g/mol. The Balaban J connectivity index is 1.62. The first-order chi connectivity index (χ1) is 7.42. The molecule has 2 aliphatic rings. The van der Waals surface area contributed by atoms with Crippen molar-refractivity contribution in [1.82, 2.24) is 10.2 Å². The third-order valence-corrected chi connectivity index (χ3v) is 3.69. The lowest BCUT2D eigenvalue weighted by atomic mass is 10.1. The second-order valence-corrected chi connectivity index (χ2v) is 4.79. The quantitative estimate of drug-likeness (QED) is 0.781. The number of nitrogens with one attached hydrogen (secondary N) is 1. The van der Waals surface area contributed by atoms with Crippen molar-refractivity contribution in [1.29, 1.82) is 0 Å². The molecule has 0 spiro atoms. The van der Waals surface area contributed by atoms with Crippen molar-refractivity contribution < 1.29 is 0 Å². The van der Waals surface area contributed by atoms with Crippen molar-refractivity contribution in [2.45, 2.75) is 19.0 Å². The second kappa shape index (κ2) is 3.95. The highest BCUT2D eigenvalue weighted by atomic mass is 15.2. The van der Waals surface area contributed by atoms with Crippen molar-refractivity contribution in [2.24, 2.45) is 5.92 Å². The summed E-state index contributed by atoms with van der Waals surface area (Å²) in [5.41, 5.74) is 1.44. The first-order valence-corrected chi connectivity index (χ1v) is 5.91. The molecule has 2 heteroatoms. The summed E-state index contributed by atoms with van der Waals surface area (Å²) in [7, 11) is 0. The molecule has 80 valence electrons. The van der Waals surface area contributed by atoms with E-state index in [1.54, 1.807) is 0 Å². The Labute approximate surface area is 91.3 Å². The van der Waals surface area contributed by atoms with E-state index in [1.165, 1.54) is 31.6 Å². The SMILES string of the molecule is c1ccc(CN2C[C@H]3CCN[C@H]3C2)cc1. The van der Waals surface area contributed by atoms with E-state index in [-0.39, 0.29) is 0 Å². The maximum atomic E-state index is 3.59. The molecule has 2 saturated heterocycles. The molecular weight excluding hydrogens is 184 g/mol. The molecule has 2 fully saturated rings. The summed E-state index contributed by atoms with van der Waals surface area (Å²) in [6.45, 7) is 4.87. The lowest BCUT2D eigenvalue weighted by molar-refractivity contribution is 0.307. The number of fused-ring (bicyclic) bond motifs is 1. The van der Waals surface area contributed by atoms with Crippen LogP contribution in [0.1, 0.15) is 12.0 Å². The molecule has 1 N–H and O–H groups in total. The van der Waals surface area contributed by atoms with E-state index in [1.807, 2.05) is 0 Å². The van der Waals surface area contributed by atoms with Gasteiger partial charge in [-0.1, -0.05) is 30.3 Å². The summed E-state index contributed by atoms with van der Waals surface area (Å²) >= 11 is 0. The molecule has 0 bridgehead atoms. The van der Waals surface area contributed by atoms with Gasteiger partial charge in [-0.25, -0.2) is 0 Å². The largest absolute Gasteiger partial charge is 0.312 e. The zero-order valence-corrected chi connectivity index (χ0v) is 9.02. The van der Waals surface area contributed by atoms with E-state index in [2.05, 4.69) is 40.5 Å². The van der Waals surface area contributed by atoms with Crippen molar-refractivity contribution >= 4 is 0 Å². The summed E-state index contributed by atoms with van der Waals surface area (Å²) in [6, 6.07) is 11.6. The minimum absolute atomic E-state index is 0.772. The molecular formula is C13H18N2. The van der Waals surface area contributed by atoms with E-state index in [0.717, 1.165) is 18.5 Å². The molecule has 0 aromatic heterocycles. The standard InChI is InChI=1S/C13H18N2/c1-2-4-11(5-3-1)8-15-9-12-6-7-14-13(12)10-15/h1-5,12-14H,6-10H2/t12-,13+/m1/s1. The Morgan fingerprint density at radius 2 is 2.07 bits per heavy atom. The number of hydrogen-bond donors (Lipinski definition) is 1. The van der Waals surface area contributed by atoms with Gasteiger partial charge in [0.25, 0.3) is 0 Å². The topological polar surface area (TPSA) is 15.3 Å². The van der Waals surface area contributed by atoms with E-state index >= 15 is 0 Å². The van der Waals surface area contributed by atoms with Gasteiger partial charge in [-0.05, 0) is 24.4 Å². The number of benzene rings is 1. The van der Waals surface area contributed by atoms with Gasteiger partial charge >= 0.3 is 0 Å². The van der Waals surface area contributed by atoms with Crippen LogP contribution in [0.2, 0.25) is 0 Å². The first-order valence-electron chi connectivity index (χ1n) is 5.91. The third-order valence-electron chi connectivity index (χ3n) is 3.69. The van der Waals surface area contributed by atoms with Gasteiger partial charge in [0.2, 0.25) is 0 Å². The summed E-state index contributed by atoms with van der Waals surface area (Å²) < 4.78 is 0. The lowest BCUT2D eigenvalue weighted by Gasteiger charge is -2.16. The van der Waals surface area contributed by atoms with Crippen LogP contribution in [-0.2, 0) is 6.54 Å². The number of likely N-dealkylation sites (tertiary alicyclic amines) is 1. The molecule has 0 aliphatic carbocycles. The zero-order valence-electron chi connectivity index (χ0n) is 9.02. The van der Waals surface area contributed by atoms with Gasteiger partial charge in [0.1, 0.15) is 0 Å². The van der Waals surface area contributed by atoms with Crippen molar-refractivity contribution in [2.75, 3.05) is 19.6 Å². The molecule has 2 heterocycles. The molecule has 2 nitrogen and oxygen atoms in total. The van der Waals surface area contributed by atoms with Crippen molar-refractivity contribution in [3.63, 3.8) is 0 Å². The average Bonchev–Trinajstić information content (AvgIpc) is 2.79. The monoisotopic (exact) mass is 202 g/mol. The van der Waals surface area contributed by atoms with E-state index in [4.69, 9.17) is 0 Å². The number of nitrogens with zero attached hydrogens (tertiary/aromatic N) is 1. The molecule has 2 aliphatic heterocycles. The minimum atomic E-state index is 0.772. The molecule has 1 aromatic carbocycles. The summed E-state index contributed by atoms with van der Waals surface area (Å²) in [5, 5.41) is 3.59. The van der Waals surface area contributed by atoms with Crippen LogP contribution in [0.25, 0.3) is 0 Å². The molecule has 2 atom stereocenters. The normalized spacial score (nSPS) is 30.7. The second-order valence-electron chi connectivity index (χ2n) is 4.79. The molecule has 15 heavy (non-hydrogen) atoms. The Hall–Kier alpha value is -0.860. The highest BCUT2D eigenvalue weighted by Gasteiger charge is 2.35. The predicted octanol–water partition coefficient (Wildman–Crippen LogP) is 1.48. The van der Waals surface area contributed by atoms with Crippen LogP contribution in [0.4, 0.5) is 0 Å². The fraction of sp³-hybridized carbons (Fsp3) is 0.538. The Bertz CT molecular complexity index is 311. The van der Waals surface area contributed by atoms with Crippen LogP contribution >= 0.6 is 0 Å². The predicted molar refractivity (Wildman–Crippen MR) is 61.6 cm³/mol. The Kier molecular flexibility index (Phi) is 2.47. The third kappa shape index (κ3) is 1.92. The van der Waals surface area contributed by atoms with Crippen molar-refractivity contribution in [3.05, 3.63) is 35.9 Å². The highest BCUT2D eigenvalue weighted by molar-refractivity contribution is 5.15. The maximum absolute atomic E-state index is 3.59. The van der Waals surface area contributed by atoms with Gasteiger partial charge in [-0.2, -0.15) is 0 Å². The minimum Gasteiger partial charge on any atom is -0.312 e. The maximum Gasteiger partial charge on any atom is 0.0236 e. The fourth-order valence-electron chi connectivity index (χ4n) is 2.91. The highest BCUT2D eigenvalue weighted by Crippen LogP contribution is 2.25. The lowest BCUT2D eigenvalue weighted by Crippen LogP contribution is -2.29. The zero-order chi connectivity index (χ0) is 10.1. The van der Waals surface area contributed by atoms with Crippen LogP contribution in [0.15, 0.2) is 30.3 Å². The van der Waals surface area contributed by atoms with Crippen LogP contribution in [0, 0.1) is 5.92 Å². The molecule has 0 radical (unpaired) electrons. The fourth-order valence-corrected chi connectivity index (χ4v) is 2.91. The Morgan fingerprint density at radius 1 is 1.20 bits per heavy atom. The molecule has 0 saturated carbocycles. The molecule has 3 rings (SSSR count). The van der Waals surface area contributed by atoms with E-state index in [0.29, 0.717) is 0 Å². The van der Waals surface area contributed by atoms with Gasteiger partial charge in [0.15, 0.2) is 0 Å². The van der Waals surface area contributed by atoms with Crippen LogP contribution in [0.3, 0.4) is 0 Å². The van der Waals surface area contributed by atoms with Gasteiger partial charge in [-0.15, -0.1) is 0 Å². The summed E-state index contributed by atoms with van der Waals surface area (Å²) in [5.74, 6) is 0.911. The van der Waals surface area contributed by atoms with E-state index < -0.39 is 0 Å². The van der Waals surface area contributed by atoms with Crippen LogP contribution in [0.5, 0.6) is 0 Å². The Morgan fingerprint density at radius 3 is 2.87 bits per heavy atom. The van der Waals surface area contributed by atoms with Crippen LogP contribution in [-0.4, -0.2) is 30.6 Å². The molecule has 0 unspecified atom stereocenters. The van der Waals surface area contributed by atoms with E-state index in [9.17, 15) is 0 Å². The summed E-state index contributed by atoms with van der Waals surface area (Å²) in [4.78, 5) is 2.58. The van der Waals surface area contributed by atoms with Crippen molar-refractivity contribution in [3.8, 4) is 0 Å². The number of hydrogen-bond acceptors (Lipinski definition) is 2. The van der Waals surface area contributed by atoms with Gasteiger partial charge in [0, 0.05) is 25.7 Å². The molecule has 1 aromatic rings. The van der Waals surface area contributed by atoms with Crippen LogP contribution < -0.4 is 5.32 Å². The van der Waals surface area contributed by atoms with Gasteiger partial charge in [-0.3, -0.25) is 4.90 Å². The van der Waals surface area contributed by atoms with Gasteiger partial charge in [0.05, 0.1) is 0 Å². The number of rotatable bonds is 2.